The number of oxime groups is 1. The van der Waals surface area contributed by atoms with Gasteiger partial charge in [0, 0.05) is 11.1 Å². The van der Waals surface area contributed by atoms with Crippen LogP contribution in [0.25, 0.3) is 0 Å². The number of halogens is 1. The standard InChI is InChI=1S/C10H8BrNO/c11-7-3-6-9-4-1-2-5-10(9)8-12-13/h1-2,4-5,8,13H,7H2. The van der Waals surface area contributed by atoms with Crippen LogP contribution in [0.2, 0.25) is 0 Å². The number of hydrogen-bond donors (Lipinski definition) is 1. The number of alkyl halides is 1. The third-order valence-corrected chi connectivity index (χ3v) is 1.73. The van der Waals surface area contributed by atoms with Gasteiger partial charge in [-0.2, -0.15) is 0 Å². The molecule has 1 aromatic rings. The summed E-state index contributed by atoms with van der Waals surface area (Å²) in [4.78, 5) is 0. The summed E-state index contributed by atoms with van der Waals surface area (Å²) in [6.07, 6.45) is 1.37. The Kier molecular flexibility index (Phi) is 4.07. The van der Waals surface area contributed by atoms with Crippen LogP contribution in [-0.4, -0.2) is 16.8 Å². The number of nitrogens with zero attached hydrogens (tertiary/aromatic N) is 1. The van der Waals surface area contributed by atoms with Gasteiger partial charge in [0.05, 0.1) is 11.5 Å². The minimum atomic E-state index is 0.637. The molecule has 1 aromatic carbocycles. The lowest BCUT2D eigenvalue weighted by atomic mass is 10.1. The van der Waals surface area contributed by atoms with Crippen LogP contribution in [-0.2, 0) is 0 Å². The highest BCUT2D eigenvalue weighted by atomic mass is 79.9. The Morgan fingerprint density at radius 3 is 2.92 bits per heavy atom. The highest BCUT2D eigenvalue weighted by Gasteiger charge is 1.93. The van der Waals surface area contributed by atoms with Gasteiger partial charge >= 0.3 is 0 Å². The molecule has 0 fully saturated rings. The average Bonchev–Trinajstić information content (AvgIpc) is 2.17. The summed E-state index contributed by atoms with van der Waals surface area (Å²) in [6.45, 7) is 0. The van der Waals surface area contributed by atoms with Crippen LogP contribution in [0, 0.1) is 11.8 Å². The summed E-state index contributed by atoms with van der Waals surface area (Å²) in [7, 11) is 0. The normalized spacial score (nSPS) is 9.62. The minimum absolute atomic E-state index is 0.637. The van der Waals surface area contributed by atoms with E-state index < -0.39 is 0 Å². The highest BCUT2D eigenvalue weighted by Crippen LogP contribution is 2.04. The van der Waals surface area contributed by atoms with E-state index in [1.807, 2.05) is 24.3 Å². The van der Waals surface area contributed by atoms with E-state index in [-0.39, 0.29) is 0 Å². The molecule has 3 heteroatoms. The largest absolute Gasteiger partial charge is 0.411 e. The fourth-order valence-electron chi connectivity index (χ4n) is 0.914. The third kappa shape index (κ3) is 2.92. The Morgan fingerprint density at radius 1 is 1.46 bits per heavy atom. The summed E-state index contributed by atoms with van der Waals surface area (Å²) in [5.74, 6) is 5.84. The van der Waals surface area contributed by atoms with Gasteiger partial charge in [-0.1, -0.05) is 51.1 Å². The zero-order chi connectivity index (χ0) is 9.52. The molecule has 0 atom stereocenters. The predicted octanol–water partition coefficient (Wildman–Crippen LogP) is 2.24. The first-order chi connectivity index (χ1) is 6.38. The molecule has 0 heterocycles. The Balaban J connectivity index is 3.04. The maximum atomic E-state index is 8.38. The zero-order valence-corrected chi connectivity index (χ0v) is 8.45. The lowest BCUT2D eigenvalue weighted by molar-refractivity contribution is 0.322. The molecule has 0 aliphatic rings. The van der Waals surface area contributed by atoms with Crippen molar-refractivity contribution in [3.05, 3.63) is 35.4 Å². The van der Waals surface area contributed by atoms with Crippen LogP contribution < -0.4 is 0 Å². The van der Waals surface area contributed by atoms with Crippen LogP contribution in [0.5, 0.6) is 0 Å². The first-order valence-electron chi connectivity index (χ1n) is 3.70. The second kappa shape index (κ2) is 5.39. The van der Waals surface area contributed by atoms with Crippen LogP contribution >= 0.6 is 15.9 Å². The molecular weight excluding hydrogens is 230 g/mol. The molecule has 0 saturated heterocycles. The maximum absolute atomic E-state index is 8.38. The van der Waals surface area contributed by atoms with Gasteiger partial charge in [-0.05, 0) is 6.07 Å². The second-order valence-corrected chi connectivity index (χ2v) is 2.83. The van der Waals surface area contributed by atoms with Gasteiger partial charge in [0.2, 0.25) is 0 Å². The molecule has 0 amide bonds. The first kappa shape index (κ1) is 9.82. The van der Waals surface area contributed by atoms with Crippen molar-refractivity contribution in [2.45, 2.75) is 0 Å². The van der Waals surface area contributed by atoms with Crippen LogP contribution in [0.15, 0.2) is 29.4 Å². The minimum Gasteiger partial charge on any atom is -0.411 e. The van der Waals surface area contributed by atoms with E-state index in [9.17, 15) is 0 Å². The van der Waals surface area contributed by atoms with E-state index in [2.05, 4.69) is 32.9 Å². The van der Waals surface area contributed by atoms with Crippen molar-refractivity contribution in [3.8, 4) is 11.8 Å². The quantitative estimate of drug-likeness (QED) is 0.263. The third-order valence-electron chi connectivity index (χ3n) is 1.45. The van der Waals surface area contributed by atoms with E-state index in [0.29, 0.717) is 5.33 Å². The van der Waals surface area contributed by atoms with E-state index in [0.717, 1.165) is 11.1 Å². The van der Waals surface area contributed by atoms with Gasteiger partial charge in [0.25, 0.3) is 0 Å². The molecule has 0 aliphatic heterocycles. The summed E-state index contributed by atoms with van der Waals surface area (Å²) in [5.41, 5.74) is 1.68. The molecular formula is C10H8BrNO. The lowest BCUT2D eigenvalue weighted by Crippen LogP contribution is -1.86. The molecule has 1 rings (SSSR count). The molecule has 0 saturated carbocycles. The van der Waals surface area contributed by atoms with Gasteiger partial charge in [0.15, 0.2) is 0 Å². The number of benzene rings is 1. The molecule has 1 N–H and O–H groups in total. The predicted molar refractivity (Wildman–Crippen MR) is 56.5 cm³/mol. The van der Waals surface area contributed by atoms with Gasteiger partial charge in [-0.3, -0.25) is 0 Å². The molecule has 0 aromatic heterocycles. The summed E-state index contributed by atoms with van der Waals surface area (Å²) < 4.78 is 0. The average molecular weight is 238 g/mol. The van der Waals surface area contributed by atoms with Gasteiger partial charge < -0.3 is 5.21 Å². The molecule has 0 unspecified atom stereocenters. The van der Waals surface area contributed by atoms with Gasteiger partial charge in [0.1, 0.15) is 0 Å². The first-order valence-corrected chi connectivity index (χ1v) is 4.82. The molecule has 0 aliphatic carbocycles. The van der Waals surface area contributed by atoms with E-state index >= 15 is 0 Å². The summed E-state index contributed by atoms with van der Waals surface area (Å²) in [6, 6.07) is 7.49. The van der Waals surface area contributed by atoms with Crippen molar-refractivity contribution in [1.29, 1.82) is 0 Å². The highest BCUT2D eigenvalue weighted by molar-refractivity contribution is 9.09. The van der Waals surface area contributed by atoms with Crippen molar-refractivity contribution in [2.75, 3.05) is 5.33 Å². The Labute approximate surface area is 85.4 Å². The zero-order valence-electron chi connectivity index (χ0n) is 6.87. The summed E-state index contributed by atoms with van der Waals surface area (Å²) in [5, 5.41) is 12.0. The van der Waals surface area contributed by atoms with E-state index in [1.165, 1.54) is 6.21 Å². The second-order valence-electron chi connectivity index (χ2n) is 2.27. The molecule has 66 valence electrons. The van der Waals surface area contributed by atoms with Crippen molar-refractivity contribution in [1.82, 2.24) is 0 Å². The van der Waals surface area contributed by atoms with Crippen molar-refractivity contribution in [3.63, 3.8) is 0 Å². The van der Waals surface area contributed by atoms with Crippen LogP contribution in [0.4, 0.5) is 0 Å². The van der Waals surface area contributed by atoms with Crippen molar-refractivity contribution in [2.24, 2.45) is 5.16 Å². The molecule has 0 spiro atoms. The smallest absolute Gasteiger partial charge is 0.0746 e. The molecule has 2 nitrogen and oxygen atoms in total. The Morgan fingerprint density at radius 2 is 2.23 bits per heavy atom. The maximum Gasteiger partial charge on any atom is 0.0746 e. The van der Waals surface area contributed by atoms with E-state index in [4.69, 9.17) is 5.21 Å². The van der Waals surface area contributed by atoms with Crippen LogP contribution in [0.1, 0.15) is 11.1 Å². The molecule has 13 heavy (non-hydrogen) atoms. The fraction of sp³-hybridized carbons (Fsp3) is 0.100. The van der Waals surface area contributed by atoms with Crippen LogP contribution in [0.3, 0.4) is 0 Å². The van der Waals surface area contributed by atoms with Gasteiger partial charge in [-0.15, -0.1) is 0 Å². The lowest BCUT2D eigenvalue weighted by Gasteiger charge is -1.94. The number of rotatable bonds is 1. The molecule has 0 bridgehead atoms. The van der Waals surface area contributed by atoms with Crippen molar-refractivity contribution >= 4 is 22.1 Å². The Bertz CT molecular complexity index is 363. The Hall–Kier alpha value is -1.27. The SMILES string of the molecule is ON=Cc1ccccc1C#CCBr. The topological polar surface area (TPSA) is 32.6 Å². The fourth-order valence-corrected chi connectivity index (χ4v) is 1.05. The summed E-state index contributed by atoms with van der Waals surface area (Å²) >= 11 is 3.21. The van der Waals surface area contributed by atoms with Gasteiger partial charge in [-0.25, -0.2) is 0 Å². The van der Waals surface area contributed by atoms with E-state index in [1.54, 1.807) is 0 Å². The van der Waals surface area contributed by atoms with Crippen molar-refractivity contribution < 1.29 is 5.21 Å². The monoisotopic (exact) mass is 237 g/mol. The molecule has 0 radical (unpaired) electrons. The number of hydrogen-bond acceptors (Lipinski definition) is 2.